The summed E-state index contributed by atoms with van der Waals surface area (Å²) in [5, 5.41) is 7.22. The lowest BCUT2D eigenvalue weighted by molar-refractivity contribution is 0.114. The van der Waals surface area contributed by atoms with Gasteiger partial charge in [0.15, 0.2) is 0 Å². The molecule has 0 spiro atoms. The Labute approximate surface area is 202 Å². The van der Waals surface area contributed by atoms with Crippen molar-refractivity contribution in [2.24, 2.45) is 5.10 Å². The van der Waals surface area contributed by atoms with Gasteiger partial charge in [-0.2, -0.15) is 5.10 Å². The van der Waals surface area contributed by atoms with Gasteiger partial charge in [0, 0.05) is 26.2 Å². The van der Waals surface area contributed by atoms with Crippen molar-refractivity contribution in [1.82, 2.24) is 9.91 Å². The Hall–Kier alpha value is -3.69. The van der Waals surface area contributed by atoms with Crippen LogP contribution in [0.15, 0.2) is 108 Å². The first kappa shape index (κ1) is 20.9. The van der Waals surface area contributed by atoms with Crippen molar-refractivity contribution in [1.29, 1.82) is 0 Å². The van der Waals surface area contributed by atoms with Crippen LogP contribution in [0.25, 0.3) is 22.3 Å². The number of nitrogens with zero attached hydrogens (tertiary/aromatic N) is 3. The van der Waals surface area contributed by atoms with Crippen molar-refractivity contribution in [3.05, 3.63) is 120 Å². The van der Waals surface area contributed by atoms with Crippen molar-refractivity contribution < 1.29 is 0 Å². The van der Waals surface area contributed by atoms with Gasteiger partial charge in [-0.15, -0.1) is 0 Å². The van der Waals surface area contributed by atoms with Crippen LogP contribution in [0.5, 0.6) is 0 Å². The van der Waals surface area contributed by atoms with Crippen LogP contribution in [0.3, 0.4) is 0 Å². The van der Waals surface area contributed by atoms with Crippen molar-refractivity contribution >= 4 is 5.71 Å². The van der Waals surface area contributed by atoms with Crippen LogP contribution in [0.4, 0.5) is 0 Å². The van der Waals surface area contributed by atoms with E-state index in [1.54, 1.807) is 0 Å². The van der Waals surface area contributed by atoms with Crippen LogP contribution in [-0.4, -0.2) is 41.8 Å². The van der Waals surface area contributed by atoms with Crippen molar-refractivity contribution in [3.63, 3.8) is 0 Å². The van der Waals surface area contributed by atoms with Crippen LogP contribution >= 0.6 is 0 Å². The van der Waals surface area contributed by atoms with Crippen LogP contribution in [0.1, 0.15) is 29.7 Å². The van der Waals surface area contributed by atoms with Gasteiger partial charge in [-0.25, -0.2) is 0 Å². The van der Waals surface area contributed by atoms with Crippen LogP contribution in [-0.2, 0) is 0 Å². The minimum Gasteiger partial charge on any atom is -0.294 e. The van der Waals surface area contributed by atoms with Crippen molar-refractivity contribution in [3.8, 4) is 22.3 Å². The topological polar surface area (TPSA) is 18.8 Å². The minimum absolute atomic E-state index is 0.352. The molecule has 1 aliphatic heterocycles. The lowest BCUT2D eigenvalue weighted by atomic mass is 10.0. The summed E-state index contributed by atoms with van der Waals surface area (Å²) in [5.41, 5.74) is 10.4. The lowest BCUT2D eigenvalue weighted by Gasteiger charge is -2.37. The molecule has 34 heavy (non-hydrogen) atoms. The fraction of sp³-hybridized carbons (Fsp3) is 0.194. The fourth-order valence-electron chi connectivity index (χ4n) is 5.40. The lowest BCUT2D eigenvalue weighted by Crippen LogP contribution is -2.45. The maximum absolute atomic E-state index is 4.98. The third kappa shape index (κ3) is 3.82. The summed E-state index contributed by atoms with van der Waals surface area (Å²) in [7, 11) is 0. The molecule has 4 aromatic carbocycles. The second-order valence-electron chi connectivity index (χ2n) is 9.20. The highest BCUT2D eigenvalue weighted by Gasteiger charge is 2.33. The van der Waals surface area contributed by atoms with Crippen molar-refractivity contribution in [2.75, 3.05) is 26.2 Å². The SMILES string of the molecule is CC(=NN1CCN(C2c3ccccc3-c3ccccc32)CC1)c1ccc(-c2ccccc2)cc1. The van der Waals surface area contributed by atoms with E-state index in [-0.39, 0.29) is 0 Å². The Morgan fingerprint density at radius 3 is 1.76 bits per heavy atom. The molecule has 0 radical (unpaired) electrons. The molecular weight excluding hydrogens is 414 g/mol. The quantitative estimate of drug-likeness (QED) is 0.337. The molecule has 0 N–H and O–H groups in total. The molecule has 3 heteroatoms. The highest BCUT2D eigenvalue weighted by Crippen LogP contribution is 2.46. The van der Waals surface area contributed by atoms with Gasteiger partial charge >= 0.3 is 0 Å². The monoisotopic (exact) mass is 443 g/mol. The Morgan fingerprint density at radius 1 is 0.618 bits per heavy atom. The minimum atomic E-state index is 0.352. The molecule has 0 atom stereocenters. The van der Waals surface area contributed by atoms with E-state index < -0.39 is 0 Å². The average Bonchev–Trinajstić information content (AvgIpc) is 3.24. The van der Waals surface area contributed by atoms with Crippen LogP contribution < -0.4 is 0 Å². The summed E-state index contributed by atoms with van der Waals surface area (Å²) >= 11 is 0. The third-order valence-corrected chi connectivity index (χ3v) is 7.16. The molecule has 6 rings (SSSR count). The largest absolute Gasteiger partial charge is 0.294 e. The highest BCUT2D eigenvalue weighted by atomic mass is 15.5. The second kappa shape index (κ2) is 8.92. The van der Waals surface area contributed by atoms with Gasteiger partial charge in [0.1, 0.15) is 0 Å². The predicted molar refractivity (Wildman–Crippen MR) is 141 cm³/mol. The van der Waals surface area contributed by atoms with E-state index in [9.17, 15) is 0 Å². The molecule has 0 amide bonds. The Bertz CT molecular complexity index is 1270. The third-order valence-electron chi connectivity index (χ3n) is 7.16. The molecule has 0 aromatic heterocycles. The maximum atomic E-state index is 4.98. The standard InChI is InChI=1S/C31H29N3/c1-23(24-15-17-26(18-16-24)25-9-3-2-4-10-25)32-34-21-19-33(20-22-34)31-29-13-7-5-11-27(29)28-12-6-8-14-30(28)31/h2-18,31H,19-22H2,1H3. The van der Waals surface area contributed by atoms with E-state index in [1.807, 2.05) is 0 Å². The number of fused-ring (bicyclic) bond motifs is 3. The predicted octanol–water partition coefficient (Wildman–Crippen LogP) is 6.47. The van der Waals surface area contributed by atoms with E-state index in [2.05, 4.69) is 120 Å². The van der Waals surface area contributed by atoms with Gasteiger partial charge in [0.05, 0.1) is 11.8 Å². The normalized spacial score (nSPS) is 16.4. The van der Waals surface area contributed by atoms with Crippen molar-refractivity contribution in [2.45, 2.75) is 13.0 Å². The molecule has 1 fully saturated rings. The maximum Gasteiger partial charge on any atom is 0.0646 e. The zero-order valence-corrected chi connectivity index (χ0v) is 19.6. The smallest absolute Gasteiger partial charge is 0.0646 e. The van der Waals surface area contributed by atoms with E-state index in [1.165, 1.54) is 38.9 Å². The van der Waals surface area contributed by atoms with Crippen LogP contribution in [0, 0.1) is 0 Å². The molecule has 3 nitrogen and oxygen atoms in total. The van der Waals surface area contributed by atoms with Gasteiger partial charge in [0.25, 0.3) is 0 Å². The zero-order valence-electron chi connectivity index (χ0n) is 19.6. The fourth-order valence-corrected chi connectivity index (χ4v) is 5.40. The molecule has 1 aliphatic carbocycles. The van der Waals surface area contributed by atoms with E-state index in [4.69, 9.17) is 5.10 Å². The summed E-state index contributed by atoms with van der Waals surface area (Å²) in [6.07, 6.45) is 0. The van der Waals surface area contributed by atoms with E-state index in [0.717, 1.165) is 31.9 Å². The summed E-state index contributed by atoms with van der Waals surface area (Å²) < 4.78 is 0. The molecule has 1 heterocycles. The summed E-state index contributed by atoms with van der Waals surface area (Å²) in [4.78, 5) is 2.63. The molecule has 0 saturated carbocycles. The Kier molecular flexibility index (Phi) is 5.48. The first-order chi connectivity index (χ1) is 16.8. The Balaban J connectivity index is 1.15. The number of hydrogen-bond acceptors (Lipinski definition) is 3. The first-order valence-corrected chi connectivity index (χ1v) is 12.2. The number of benzene rings is 4. The number of piperazine rings is 1. The summed E-state index contributed by atoms with van der Waals surface area (Å²) in [6, 6.07) is 37.4. The summed E-state index contributed by atoms with van der Waals surface area (Å²) in [6.45, 7) is 6.03. The second-order valence-corrected chi connectivity index (χ2v) is 9.20. The number of rotatable bonds is 4. The molecule has 0 unspecified atom stereocenters. The molecule has 2 aliphatic rings. The van der Waals surface area contributed by atoms with Gasteiger partial charge in [-0.1, -0.05) is 103 Å². The van der Waals surface area contributed by atoms with E-state index in [0.29, 0.717) is 6.04 Å². The van der Waals surface area contributed by atoms with E-state index >= 15 is 0 Å². The van der Waals surface area contributed by atoms with Crippen LogP contribution in [0.2, 0.25) is 0 Å². The average molecular weight is 444 g/mol. The van der Waals surface area contributed by atoms with Gasteiger partial charge in [-0.3, -0.25) is 9.91 Å². The Morgan fingerprint density at radius 2 is 1.15 bits per heavy atom. The first-order valence-electron chi connectivity index (χ1n) is 12.2. The van der Waals surface area contributed by atoms with Gasteiger partial charge in [0.2, 0.25) is 0 Å². The number of hydrogen-bond donors (Lipinski definition) is 0. The number of hydrazone groups is 1. The molecule has 168 valence electrons. The van der Waals surface area contributed by atoms with Gasteiger partial charge in [-0.05, 0) is 45.9 Å². The highest BCUT2D eigenvalue weighted by molar-refractivity contribution is 5.98. The molecule has 0 bridgehead atoms. The molecular formula is C31H29N3. The summed E-state index contributed by atoms with van der Waals surface area (Å²) in [5.74, 6) is 0. The molecule has 1 saturated heterocycles. The van der Waals surface area contributed by atoms with Gasteiger partial charge < -0.3 is 0 Å². The molecule has 4 aromatic rings. The zero-order chi connectivity index (χ0) is 22.9.